The molecule has 11 heteroatoms. The largest absolute Gasteiger partial charge is 0.494 e. The van der Waals surface area contributed by atoms with Crippen LogP contribution in [0, 0.1) is 6.92 Å². The monoisotopic (exact) mass is 449 g/mol. The van der Waals surface area contributed by atoms with Gasteiger partial charge in [-0.05, 0) is 53.1 Å². The van der Waals surface area contributed by atoms with Gasteiger partial charge in [-0.25, -0.2) is 0 Å². The smallest absolute Gasteiger partial charge is 0.232 e. The van der Waals surface area contributed by atoms with Gasteiger partial charge in [0.25, 0.3) is 0 Å². The van der Waals surface area contributed by atoms with Crippen molar-refractivity contribution in [1.29, 1.82) is 0 Å². The minimum Gasteiger partial charge on any atom is -0.494 e. The highest BCUT2D eigenvalue weighted by Crippen LogP contribution is 2.28. The molecule has 0 fully saturated rings. The summed E-state index contributed by atoms with van der Waals surface area (Å²) >= 11 is 1.39. The predicted molar refractivity (Wildman–Crippen MR) is 123 cm³/mol. The van der Waals surface area contributed by atoms with E-state index < -0.39 is 0 Å². The first-order chi connectivity index (χ1) is 15.6. The highest BCUT2D eigenvalue weighted by molar-refractivity contribution is 7.98. The second-order valence-electron chi connectivity index (χ2n) is 6.91. The molecule has 0 saturated carbocycles. The van der Waals surface area contributed by atoms with Crippen LogP contribution >= 0.6 is 11.8 Å². The van der Waals surface area contributed by atoms with Gasteiger partial charge in [-0.3, -0.25) is 0 Å². The third kappa shape index (κ3) is 4.78. The van der Waals surface area contributed by atoms with E-state index in [1.165, 1.54) is 11.8 Å². The average Bonchev–Trinajstić information content (AvgIpc) is 3.26. The number of nitrogens with two attached hydrogens (primary N) is 1. The number of benzene rings is 2. The molecular weight excluding hydrogens is 426 g/mol. The number of tetrazole rings is 1. The van der Waals surface area contributed by atoms with E-state index in [1.807, 2.05) is 43.3 Å². The van der Waals surface area contributed by atoms with Gasteiger partial charge in [0.15, 0.2) is 0 Å². The van der Waals surface area contributed by atoms with Crippen LogP contribution in [0.5, 0.6) is 5.75 Å². The third-order valence-corrected chi connectivity index (χ3v) is 5.59. The van der Waals surface area contributed by atoms with Gasteiger partial charge in [0.2, 0.25) is 17.1 Å². The molecule has 2 aromatic heterocycles. The maximum atomic E-state index is 5.93. The van der Waals surface area contributed by atoms with E-state index in [9.17, 15) is 0 Å². The summed E-state index contributed by atoms with van der Waals surface area (Å²) in [6, 6.07) is 13.8. The SMILES string of the molecule is CCc1ccccc1Nc1nc(N)nc(CSc2nnnn2-c2cc(C)ccc2OC)n1. The summed E-state index contributed by atoms with van der Waals surface area (Å²) in [6.45, 7) is 4.09. The number of nitrogens with one attached hydrogen (secondary N) is 1. The highest BCUT2D eigenvalue weighted by atomic mass is 32.2. The zero-order valence-electron chi connectivity index (χ0n) is 18.0. The Morgan fingerprint density at radius 2 is 1.97 bits per heavy atom. The minimum atomic E-state index is 0.145. The van der Waals surface area contributed by atoms with E-state index in [-0.39, 0.29) is 5.95 Å². The second kappa shape index (κ2) is 9.60. The molecule has 10 nitrogen and oxygen atoms in total. The van der Waals surface area contributed by atoms with Gasteiger partial charge in [0.1, 0.15) is 17.3 Å². The number of anilines is 3. The zero-order valence-corrected chi connectivity index (χ0v) is 18.8. The molecule has 4 rings (SSSR count). The quantitative estimate of drug-likeness (QED) is 0.386. The van der Waals surface area contributed by atoms with Gasteiger partial charge in [-0.15, -0.1) is 5.10 Å². The number of ether oxygens (including phenoxy) is 1. The van der Waals surface area contributed by atoms with Crippen molar-refractivity contribution < 1.29 is 4.74 Å². The molecule has 0 atom stereocenters. The lowest BCUT2D eigenvalue weighted by molar-refractivity contribution is 0.410. The lowest BCUT2D eigenvalue weighted by Gasteiger charge is -2.11. The van der Waals surface area contributed by atoms with Crippen molar-refractivity contribution in [2.24, 2.45) is 0 Å². The van der Waals surface area contributed by atoms with Crippen LogP contribution in [0.4, 0.5) is 17.6 Å². The molecule has 0 aliphatic heterocycles. The predicted octanol–water partition coefficient (Wildman–Crippen LogP) is 3.34. The lowest BCUT2D eigenvalue weighted by Crippen LogP contribution is -2.08. The van der Waals surface area contributed by atoms with Crippen molar-refractivity contribution in [1.82, 2.24) is 35.2 Å². The summed E-state index contributed by atoms with van der Waals surface area (Å²) in [5.41, 5.74) is 9.86. The normalized spacial score (nSPS) is 10.8. The van der Waals surface area contributed by atoms with Crippen LogP contribution in [0.25, 0.3) is 5.69 Å². The molecule has 3 N–H and O–H groups in total. The number of para-hydroxylation sites is 1. The Balaban J connectivity index is 1.55. The van der Waals surface area contributed by atoms with Gasteiger partial charge in [-0.2, -0.15) is 19.6 Å². The summed E-state index contributed by atoms with van der Waals surface area (Å²) < 4.78 is 7.10. The molecule has 2 heterocycles. The fraction of sp³-hybridized carbons (Fsp3) is 0.238. The Kier molecular flexibility index (Phi) is 6.45. The Morgan fingerprint density at radius 3 is 2.78 bits per heavy atom. The molecule has 0 aliphatic rings. The summed E-state index contributed by atoms with van der Waals surface area (Å²) in [6.07, 6.45) is 0.886. The van der Waals surface area contributed by atoms with E-state index in [0.29, 0.717) is 28.4 Å². The molecule has 0 amide bonds. The number of hydrogen-bond acceptors (Lipinski definition) is 10. The first kappa shape index (κ1) is 21.5. The molecule has 4 aromatic rings. The molecule has 32 heavy (non-hydrogen) atoms. The van der Waals surface area contributed by atoms with Gasteiger partial charge >= 0.3 is 0 Å². The van der Waals surface area contributed by atoms with Crippen molar-refractivity contribution in [3.05, 3.63) is 59.4 Å². The fourth-order valence-electron chi connectivity index (χ4n) is 3.14. The number of thioether (sulfide) groups is 1. The van der Waals surface area contributed by atoms with Crippen molar-refractivity contribution in [2.75, 3.05) is 18.2 Å². The third-order valence-electron chi connectivity index (χ3n) is 4.68. The lowest BCUT2D eigenvalue weighted by atomic mass is 10.1. The van der Waals surface area contributed by atoms with Crippen LogP contribution in [-0.4, -0.2) is 42.3 Å². The number of hydrogen-bond donors (Lipinski definition) is 2. The van der Waals surface area contributed by atoms with E-state index in [1.54, 1.807) is 11.8 Å². The van der Waals surface area contributed by atoms with Crippen LogP contribution in [0.15, 0.2) is 47.6 Å². The standard InChI is InChI=1S/C21H23N9OS/c1-4-14-7-5-6-8-15(14)23-20-25-18(24-19(22)26-20)12-32-21-27-28-29-30(21)16-11-13(2)9-10-17(16)31-3/h5-11H,4,12H2,1-3H3,(H3,22,23,24,25,26). The molecule has 164 valence electrons. The van der Waals surface area contributed by atoms with E-state index in [2.05, 4.69) is 48.8 Å². The number of rotatable bonds is 8. The maximum Gasteiger partial charge on any atom is 0.232 e. The summed E-state index contributed by atoms with van der Waals surface area (Å²) in [5.74, 6) is 2.15. The molecule has 0 spiro atoms. The van der Waals surface area contributed by atoms with Crippen LogP contribution in [0.1, 0.15) is 23.9 Å². The number of aryl methyl sites for hydroxylation is 2. The van der Waals surface area contributed by atoms with Crippen LogP contribution < -0.4 is 15.8 Å². The molecule has 0 radical (unpaired) electrons. The number of methoxy groups -OCH3 is 1. The van der Waals surface area contributed by atoms with Crippen LogP contribution in [-0.2, 0) is 12.2 Å². The molecule has 0 bridgehead atoms. The summed E-state index contributed by atoms with van der Waals surface area (Å²) in [5, 5.41) is 15.9. The van der Waals surface area contributed by atoms with Gasteiger partial charge < -0.3 is 15.8 Å². The van der Waals surface area contributed by atoms with E-state index in [0.717, 1.165) is 28.9 Å². The number of nitrogen functional groups attached to an aromatic ring is 1. The molecule has 0 aliphatic carbocycles. The molecule has 0 unspecified atom stereocenters. The van der Waals surface area contributed by atoms with Crippen LogP contribution in [0.2, 0.25) is 0 Å². The van der Waals surface area contributed by atoms with E-state index in [4.69, 9.17) is 10.5 Å². The summed E-state index contributed by atoms with van der Waals surface area (Å²) in [7, 11) is 1.62. The van der Waals surface area contributed by atoms with Crippen LogP contribution in [0.3, 0.4) is 0 Å². The number of nitrogens with zero attached hydrogens (tertiary/aromatic N) is 7. The first-order valence-corrected chi connectivity index (χ1v) is 11.0. The van der Waals surface area contributed by atoms with Gasteiger partial charge in [0.05, 0.1) is 12.9 Å². The summed E-state index contributed by atoms with van der Waals surface area (Å²) in [4.78, 5) is 13.0. The molecule has 0 saturated heterocycles. The molecular formula is C21H23N9OS. The zero-order chi connectivity index (χ0) is 22.5. The Hall–Kier alpha value is -3.73. The van der Waals surface area contributed by atoms with Crippen molar-refractivity contribution >= 4 is 29.3 Å². The Morgan fingerprint density at radius 1 is 1.12 bits per heavy atom. The minimum absolute atomic E-state index is 0.145. The van der Waals surface area contributed by atoms with Gasteiger partial charge in [-0.1, -0.05) is 43.0 Å². The highest BCUT2D eigenvalue weighted by Gasteiger charge is 2.15. The topological polar surface area (TPSA) is 130 Å². The van der Waals surface area contributed by atoms with Crippen molar-refractivity contribution in [3.63, 3.8) is 0 Å². The molecule has 2 aromatic carbocycles. The Bertz CT molecular complexity index is 1230. The van der Waals surface area contributed by atoms with Gasteiger partial charge in [0, 0.05) is 5.69 Å². The average molecular weight is 450 g/mol. The Labute approximate surface area is 189 Å². The fourth-order valence-corrected chi connectivity index (χ4v) is 3.88. The van der Waals surface area contributed by atoms with Crippen molar-refractivity contribution in [3.8, 4) is 11.4 Å². The van der Waals surface area contributed by atoms with Crippen molar-refractivity contribution in [2.45, 2.75) is 31.2 Å². The maximum absolute atomic E-state index is 5.93. The first-order valence-electron chi connectivity index (χ1n) is 9.99. The number of aromatic nitrogens is 7. The second-order valence-corrected chi connectivity index (χ2v) is 7.85. The van der Waals surface area contributed by atoms with E-state index >= 15 is 0 Å².